The molecule has 0 amide bonds. The lowest BCUT2D eigenvalue weighted by Crippen LogP contribution is -2.30. The Morgan fingerprint density at radius 3 is 1.85 bits per heavy atom. The molecule has 0 heterocycles. The van der Waals surface area contributed by atoms with Crippen LogP contribution in [-0.2, 0) is 20.0 Å². The lowest BCUT2D eigenvalue weighted by Gasteiger charge is -2.19. The van der Waals surface area contributed by atoms with Crippen molar-refractivity contribution in [2.24, 2.45) is 0 Å². The fourth-order valence-electron chi connectivity index (χ4n) is 2.61. The minimum absolute atomic E-state index is 0.0266. The van der Waals surface area contributed by atoms with Gasteiger partial charge in [0.05, 0.1) is 9.79 Å². The van der Waals surface area contributed by atoms with Crippen LogP contribution in [0.5, 0.6) is 0 Å². The zero-order valence-corrected chi connectivity index (χ0v) is 16.7. The van der Waals surface area contributed by atoms with E-state index in [4.69, 9.17) is 0 Å². The molecule has 0 unspecified atom stereocenters. The van der Waals surface area contributed by atoms with E-state index in [9.17, 15) is 16.8 Å². The van der Waals surface area contributed by atoms with Crippen LogP contribution >= 0.6 is 0 Å². The van der Waals surface area contributed by atoms with E-state index in [0.717, 1.165) is 5.56 Å². The molecular formula is C18H24N2O4S2. The summed E-state index contributed by atoms with van der Waals surface area (Å²) in [7, 11) is -7.37. The summed E-state index contributed by atoms with van der Waals surface area (Å²) in [6, 6.07) is 14.1. The maximum absolute atomic E-state index is 12.6. The quantitative estimate of drug-likeness (QED) is 0.744. The number of nitrogens with one attached hydrogen (secondary N) is 1. The van der Waals surface area contributed by atoms with E-state index in [1.807, 2.05) is 30.3 Å². The molecular weight excluding hydrogens is 372 g/mol. The van der Waals surface area contributed by atoms with Gasteiger partial charge in [0.25, 0.3) is 0 Å². The first kappa shape index (κ1) is 20.6. The molecule has 0 spiro atoms. The fourth-order valence-corrected chi connectivity index (χ4v) is 5.30. The third-order valence-corrected chi connectivity index (χ3v) is 7.73. The van der Waals surface area contributed by atoms with Crippen LogP contribution in [0.2, 0.25) is 0 Å². The van der Waals surface area contributed by atoms with Gasteiger partial charge in [0.2, 0.25) is 20.0 Å². The van der Waals surface area contributed by atoms with E-state index in [2.05, 4.69) is 4.72 Å². The highest BCUT2D eigenvalue weighted by atomic mass is 32.2. The van der Waals surface area contributed by atoms with Gasteiger partial charge in [-0.2, -0.15) is 4.31 Å². The summed E-state index contributed by atoms with van der Waals surface area (Å²) in [6.45, 7) is 5.99. The summed E-state index contributed by atoms with van der Waals surface area (Å²) in [6.07, 6.45) is 0. The van der Waals surface area contributed by atoms with Crippen molar-refractivity contribution in [1.29, 1.82) is 0 Å². The Kier molecular flexibility index (Phi) is 6.57. The summed E-state index contributed by atoms with van der Waals surface area (Å²) in [5.74, 6) is 0. The van der Waals surface area contributed by atoms with Crippen LogP contribution in [0, 0.1) is 0 Å². The molecule has 0 saturated heterocycles. The Morgan fingerprint density at radius 2 is 1.35 bits per heavy atom. The van der Waals surface area contributed by atoms with Crippen molar-refractivity contribution in [2.45, 2.75) is 36.6 Å². The van der Waals surface area contributed by atoms with Crippen LogP contribution in [-0.4, -0.2) is 34.2 Å². The average molecular weight is 397 g/mol. The van der Waals surface area contributed by atoms with Gasteiger partial charge in [0.15, 0.2) is 0 Å². The van der Waals surface area contributed by atoms with Crippen molar-refractivity contribution in [1.82, 2.24) is 9.03 Å². The zero-order chi connectivity index (χ0) is 19.4. The zero-order valence-electron chi connectivity index (χ0n) is 15.1. The number of hydrogen-bond acceptors (Lipinski definition) is 4. The topological polar surface area (TPSA) is 83.6 Å². The Morgan fingerprint density at radius 1 is 0.846 bits per heavy atom. The summed E-state index contributed by atoms with van der Waals surface area (Å²) in [5.41, 5.74) is 0.844. The highest BCUT2D eigenvalue weighted by Crippen LogP contribution is 2.20. The summed E-state index contributed by atoms with van der Waals surface area (Å²) in [4.78, 5) is 0.107. The number of hydrogen-bond donors (Lipinski definition) is 1. The Bertz CT molecular complexity index is 921. The predicted octanol–water partition coefficient (Wildman–Crippen LogP) is 2.76. The van der Waals surface area contributed by atoms with Gasteiger partial charge in [0, 0.05) is 19.1 Å². The first-order valence-electron chi connectivity index (χ1n) is 8.40. The van der Waals surface area contributed by atoms with Crippen LogP contribution in [0.3, 0.4) is 0 Å². The van der Waals surface area contributed by atoms with Crippen molar-refractivity contribution in [3.05, 3.63) is 60.2 Å². The van der Waals surface area contributed by atoms with Gasteiger partial charge in [-0.1, -0.05) is 44.2 Å². The van der Waals surface area contributed by atoms with Crippen LogP contribution < -0.4 is 4.72 Å². The van der Waals surface area contributed by atoms with E-state index in [0.29, 0.717) is 13.1 Å². The average Bonchev–Trinajstić information content (AvgIpc) is 2.63. The molecule has 0 radical (unpaired) electrons. The second-order valence-electron chi connectivity index (χ2n) is 5.81. The molecule has 2 rings (SSSR count). The molecule has 0 bridgehead atoms. The third kappa shape index (κ3) is 4.50. The molecule has 0 aromatic heterocycles. The smallest absolute Gasteiger partial charge is 0.207 e. The fraction of sp³-hybridized carbons (Fsp3) is 0.333. The van der Waals surface area contributed by atoms with Crippen molar-refractivity contribution < 1.29 is 16.8 Å². The number of sulfonamides is 2. The van der Waals surface area contributed by atoms with Crippen molar-refractivity contribution in [3.8, 4) is 0 Å². The standard InChI is InChI=1S/C18H24N2O4S2/c1-4-20(5-2)26(23,24)18-13-11-17(12-14-18)25(21,22)19-15(3)16-9-7-6-8-10-16/h6-15,19H,4-5H2,1-3H3/t15-/m1/s1. The maximum Gasteiger partial charge on any atom is 0.243 e. The van der Waals surface area contributed by atoms with Gasteiger partial charge < -0.3 is 0 Å². The van der Waals surface area contributed by atoms with Gasteiger partial charge in [-0.25, -0.2) is 21.6 Å². The van der Waals surface area contributed by atoms with E-state index >= 15 is 0 Å². The second-order valence-corrected chi connectivity index (χ2v) is 9.47. The molecule has 1 atom stereocenters. The van der Waals surface area contributed by atoms with Crippen molar-refractivity contribution in [3.63, 3.8) is 0 Å². The molecule has 0 aliphatic carbocycles. The molecule has 0 fully saturated rings. The van der Waals surface area contributed by atoms with Gasteiger partial charge in [-0.05, 0) is 36.8 Å². The van der Waals surface area contributed by atoms with Gasteiger partial charge >= 0.3 is 0 Å². The maximum atomic E-state index is 12.6. The highest BCUT2D eigenvalue weighted by Gasteiger charge is 2.23. The van der Waals surface area contributed by atoms with Crippen LogP contribution in [0.4, 0.5) is 0 Å². The second kappa shape index (κ2) is 8.30. The van der Waals surface area contributed by atoms with Gasteiger partial charge in [-0.3, -0.25) is 0 Å². The molecule has 26 heavy (non-hydrogen) atoms. The van der Waals surface area contributed by atoms with E-state index in [1.54, 1.807) is 20.8 Å². The molecule has 1 N–H and O–H groups in total. The molecule has 0 aliphatic rings. The third-order valence-electron chi connectivity index (χ3n) is 4.11. The van der Waals surface area contributed by atoms with Crippen LogP contribution in [0.1, 0.15) is 32.4 Å². The molecule has 8 heteroatoms. The first-order chi connectivity index (χ1) is 12.2. The van der Waals surface area contributed by atoms with Crippen LogP contribution in [0.15, 0.2) is 64.4 Å². The number of rotatable bonds is 8. The minimum Gasteiger partial charge on any atom is -0.207 e. The first-order valence-corrected chi connectivity index (χ1v) is 11.3. The van der Waals surface area contributed by atoms with E-state index < -0.39 is 26.1 Å². The monoisotopic (exact) mass is 396 g/mol. The molecule has 6 nitrogen and oxygen atoms in total. The Balaban J connectivity index is 2.24. The number of nitrogens with zero attached hydrogens (tertiary/aromatic N) is 1. The van der Waals surface area contributed by atoms with E-state index in [1.165, 1.54) is 28.6 Å². The minimum atomic E-state index is -3.76. The highest BCUT2D eigenvalue weighted by molar-refractivity contribution is 7.89. The summed E-state index contributed by atoms with van der Waals surface area (Å²) in [5, 5.41) is 0. The lowest BCUT2D eigenvalue weighted by molar-refractivity contribution is 0.445. The Labute approximate surface area is 156 Å². The lowest BCUT2D eigenvalue weighted by atomic mass is 10.1. The molecule has 142 valence electrons. The summed E-state index contributed by atoms with van der Waals surface area (Å²) < 4.78 is 54.0. The largest absolute Gasteiger partial charge is 0.243 e. The van der Waals surface area contributed by atoms with Crippen molar-refractivity contribution >= 4 is 20.0 Å². The van der Waals surface area contributed by atoms with Crippen molar-refractivity contribution in [2.75, 3.05) is 13.1 Å². The SMILES string of the molecule is CCN(CC)S(=O)(=O)c1ccc(S(=O)(=O)N[C@H](C)c2ccccc2)cc1. The van der Waals surface area contributed by atoms with Crippen LogP contribution in [0.25, 0.3) is 0 Å². The molecule has 2 aromatic carbocycles. The predicted molar refractivity (Wildman–Crippen MR) is 102 cm³/mol. The summed E-state index contributed by atoms with van der Waals surface area (Å²) >= 11 is 0. The van der Waals surface area contributed by atoms with Gasteiger partial charge in [-0.15, -0.1) is 0 Å². The van der Waals surface area contributed by atoms with Gasteiger partial charge in [0.1, 0.15) is 0 Å². The Hall–Kier alpha value is -1.74. The normalized spacial score (nSPS) is 13.7. The molecule has 0 aliphatic heterocycles. The molecule has 0 saturated carbocycles. The van der Waals surface area contributed by atoms with E-state index in [-0.39, 0.29) is 9.79 Å². The number of benzene rings is 2. The molecule has 2 aromatic rings.